The standard InChI is InChI=1S/C30H32N11O3P/c1-40-11-13-41(14-12-40)28-20(18-16-34-44-17-18)15-23(29(39-28)43-2)36-30-37-26-19(7-8-33-26)27(38-30)35-22-6-5-21-24(32-10-9-31-21)25(22)45(3,4)42/h5-10,15-17H,11-14H2,1-4H3,(H3,33,35,36,37,38). The van der Waals surface area contributed by atoms with Gasteiger partial charge in [-0.2, -0.15) is 15.0 Å². The van der Waals surface area contributed by atoms with Crippen LogP contribution in [-0.4, -0.2) is 93.6 Å². The summed E-state index contributed by atoms with van der Waals surface area (Å²) >= 11 is 0. The van der Waals surface area contributed by atoms with Crippen LogP contribution in [0.4, 0.5) is 29.0 Å². The molecule has 0 spiro atoms. The summed E-state index contributed by atoms with van der Waals surface area (Å²) < 4.78 is 24.5. The van der Waals surface area contributed by atoms with Gasteiger partial charge in [0.05, 0.1) is 35.2 Å². The number of aromatic amines is 1. The number of nitrogens with zero attached hydrogens (tertiary/aromatic N) is 8. The number of methoxy groups -OCH3 is 1. The van der Waals surface area contributed by atoms with Gasteiger partial charge >= 0.3 is 0 Å². The molecule has 15 heteroatoms. The lowest BCUT2D eigenvalue weighted by molar-refractivity contribution is 0.311. The van der Waals surface area contributed by atoms with E-state index in [9.17, 15) is 4.57 Å². The van der Waals surface area contributed by atoms with Crippen molar-refractivity contribution in [2.45, 2.75) is 0 Å². The lowest BCUT2D eigenvalue weighted by atomic mass is 10.1. The lowest BCUT2D eigenvalue weighted by Gasteiger charge is -2.34. The number of anilines is 5. The Labute approximate surface area is 258 Å². The summed E-state index contributed by atoms with van der Waals surface area (Å²) in [7, 11) is 0.909. The fourth-order valence-corrected chi connectivity index (χ4v) is 6.94. The summed E-state index contributed by atoms with van der Waals surface area (Å²) in [4.78, 5) is 31.1. The number of rotatable bonds is 8. The molecule has 0 atom stereocenters. The molecule has 5 aromatic heterocycles. The second-order valence-corrected chi connectivity index (χ2v) is 14.4. The first-order valence-corrected chi connectivity index (χ1v) is 17.0. The average molecular weight is 626 g/mol. The van der Waals surface area contributed by atoms with E-state index in [1.54, 1.807) is 51.5 Å². The van der Waals surface area contributed by atoms with E-state index in [0.29, 0.717) is 51.0 Å². The van der Waals surface area contributed by atoms with E-state index < -0.39 is 7.14 Å². The number of likely N-dealkylation sites (N-methyl/N-ethyl adjacent to an activating group) is 1. The van der Waals surface area contributed by atoms with Gasteiger partial charge in [-0.1, -0.05) is 5.16 Å². The lowest BCUT2D eigenvalue weighted by Crippen LogP contribution is -2.45. The van der Waals surface area contributed by atoms with Gasteiger partial charge in [0.1, 0.15) is 41.9 Å². The zero-order valence-electron chi connectivity index (χ0n) is 25.3. The smallest absolute Gasteiger partial charge is 0.239 e. The van der Waals surface area contributed by atoms with Gasteiger partial charge in [-0.25, -0.2) is 0 Å². The van der Waals surface area contributed by atoms with Crippen molar-refractivity contribution in [2.24, 2.45) is 0 Å². The highest BCUT2D eigenvalue weighted by Crippen LogP contribution is 2.42. The Kier molecular flexibility index (Phi) is 7.30. The van der Waals surface area contributed by atoms with Gasteiger partial charge in [-0.05, 0) is 44.6 Å². The summed E-state index contributed by atoms with van der Waals surface area (Å²) in [6.45, 7) is 6.93. The molecule has 45 heavy (non-hydrogen) atoms. The van der Waals surface area contributed by atoms with E-state index in [4.69, 9.17) is 24.2 Å². The molecular formula is C30H32N11O3P. The van der Waals surface area contributed by atoms with E-state index in [1.165, 1.54) is 0 Å². The number of pyridine rings is 1. The molecule has 0 unspecified atom stereocenters. The predicted molar refractivity (Wildman–Crippen MR) is 175 cm³/mol. The SMILES string of the molecule is COc1nc(N2CCN(C)CC2)c(-c2cnoc2)cc1Nc1nc(Nc2ccc3nccnc3c2P(C)(C)=O)c2cc[nH]c2n1. The first kappa shape index (κ1) is 28.7. The van der Waals surface area contributed by atoms with Gasteiger partial charge in [0, 0.05) is 55.9 Å². The molecule has 1 aliphatic rings. The van der Waals surface area contributed by atoms with Gasteiger partial charge in [-0.3, -0.25) is 9.97 Å². The maximum atomic E-state index is 13.5. The first-order chi connectivity index (χ1) is 21.8. The van der Waals surface area contributed by atoms with Crippen molar-refractivity contribution in [2.75, 3.05) is 69.2 Å². The number of ether oxygens (including phenoxy) is 1. The van der Waals surface area contributed by atoms with Gasteiger partial charge in [0.25, 0.3) is 0 Å². The van der Waals surface area contributed by atoms with E-state index in [-0.39, 0.29) is 0 Å². The number of hydrogen-bond acceptors (Lipinski definition) is 13. The third-order valence-corrected chi connectivity index (χ3v) is 9.30. The van der Waals surface area contributed by atoms with Crippen LogP contribution >= 0.6 is 7.14 Å². The minimum atomic E-state index is -2.79. The van der Waals surface area contributed by atoms with E-state index in [0.717, 1.165) is 48.5 Å². The Balaban J connectivity index is 1.30. The Morgan fingerprint density at radius 2 is 1.82 bits per heavy atom. The Morgan fingerprint density at radius 1 is 1.00 bits per heavy atom. The third kappa shape index (κ3) is 5.54. The largest absolute Gasteiger partial charge is 0.479 e. The number of nitrogens with one attached hydrogen (secondary N) is 3. The zero-order valence-corrected chi connectivity index (χ0v) is 26.2. The molecule has 0 saturated carbocycles. The summed E-state index contributed by atoms with van der Waals surface area (Å²) in [6.07, 6.45) is 8.29. The number of fused-ring (bicyclic) bond motifs is 2. The van der Waals surface area contributed by atoms with Crippen molar-refractivity contribution in [1.82, 2.24) is 40.0 Å². The highest BCUT2D eigenvalue weighted by Gasteiger charge is 2.25. The molecule has 0 aliphatic carbocycles. The van der Waals surface area contributed by atoms with Crippen LogP contribution in [-0.2, 0) is 4.57 Å². The van der Waals surface area contributed by atoms with Crippen LogP contribution in [0, 0.1) is 0 Å². The predicted octanol–water partition coefficient (Wildman–Crippen LogP) is 4.45. The molecule has 0 radical (unpaired) electrons. The molecule has 6 heterocycles. The van der Waals surface area contributed by atoms with Crippen LogP contribution in [0.15, 0.2) is 59.8 Å². The van der Waals surface area contributed by atoms with Crippen LogP contribution in [0.2, 0.25) is 0 Å². The number of aromatic nitrogens is 7. The van der Waals surface area contributed by atoms with Gasteiger partial charge in [0.15, 0.2) is 0 Å². The molecule has 1 fully saturated rings. The topological polar surface area (TPSA) is 163 Å². The van der Waals surface area contributed by atoms with Crippen molar-refractivity contribution >= 4 is 63.5 Å². The summed E-state index contributed by atoms with van der Waals surface area (Å²) in [5, 5.41) is 12.0. The normalized spacial score (nSPS) is 14.3. The van der Waals surface area contributed by atoms with Crippen molar-refractivity contribution in [3.63, 3.8) is 0 Å². The second kappa shape index (κ2) is 11.5. The molecule has 1 aromatic carbocycles. The highest BCUT2D eigenvalue weighted by atomic mass is 31.2. The first-order valence-electron chi connectivity index (χ1n) is 14.4. The van der Waals surface area contributed by atoms with E-state index in [1.807, 2.05) is 24.3 Å². The van der Waals surface area contributed by atoms with Crippen LogP contribution in [0.1, 0.15) is 0 Å². The minimum absolute atomic E-state index is 0.300. The summed E-state index contributed by atoms with van der Waals surface area (Å²) in [5.41, 5.74) is 4.69. The average Bonchev–Trinajstić information content (AvgIpc) is 3.74. The molecule has 0 bridgehead atoms. The van der Waals surface area contributed by atoms with Crippen LogP contribution < -0.4 is 25.6 Å². The minimum Gasteiger partial charge on any atom is -0.479 e. The fourth-order valence-electron chi connectivity index (χ4n) is 5.55. The molecular weight excluding hydrogens is 593 g/mol. The molecule has 230 valence electrons. The number of piperazine rings is 1. The van der Waals surface area contributed by atoms with E-state index >= 15 is 0 Å². The highest BCUT2D eigenvalue weighted by molar-refractivity contribution is 7.71. The van der Waals surface area contributed by atoms with Gasteiger partial charge < -0.3 is 39.2 Å². The molecule has 7 rings (SSSR count). The van der Waals surface area contributed by atoms with Crippen LogP contribution in [0.25, 0.3) is 33.2 Å². The van der Waals surface area contributed by atoms with Crippen molar-refractivity contribution in [1.29, 1.82) is 0 Å². The molecule has 3 N–H and O–H groups in total. The van der Waals surface area contributed by atoms with Gasteiger partial charge in [-0.15, -0.1) is 0 Å². The number of benzene rings is 1. The third-order valence-electron chi connectivity index (χ3n) is 7.77. The Hall–Kier alpha value is -5.07. The van der Waals surface area contributed by atoms with Crippen molar-refractivity contribution in [3.05, 3.63) is 55.3 Å². The molecule has 0 amide bonds. The van der Waals surface area contributed by atoms with E-state index in [2.05, 4.69) is 47.6 Å². The molecule has 1 saturated heterocycles. The number of H-pyrrole nitrogens is 1. The maximum absolute atomic E-state index is 13.5. The Morgan fingerprint density at radius 3 is 2.58 bits per heavy atom. The molecule has 1 aliphatic heterocycles. The molecule has 14 nitrogen and oxygen atoms in total. The summed E-state index contributed by atoms with van der Waals surface area (Å²) in [5.74, 6) is 1.99. The van der Waals surface area contributed by atoms with Crippen LogP contribution in [0.3, 0.4) is 0 Å². The Bertz CT molecular complexity index is 2050. The number of hydrogen-bond donors (Lipinski definition) is 3. The van der Waals surface area contributed by atoms with Gasteiger partial charge in [0.2, 0.25) is 11.8 Å². The zero-order chi connectivity index (χ0) is 31.1. The monoisotopic (exact) mass is 625 g/mol. The summed E-state index contributed by atoms with van der Waals surface area (Å²) in [6, 6.07) is 7.54. The second-order valence-electron chi connectivity index (χ2n) is 11.2. The fraction of sp³-hybridized carbons (Fsp3) is 0.267. The quantitative estimate of drug-likeness (QED) is 0.204. The van der Waals surface area contributed by atoms with Crippen molar-refractivity contribution < 1.29 is 13.8 Å². The van der Waals surface area contributed by atoms with Crippen LogP contribution in [0.5, 0.6) is 5.88 Å². The van der Waals surface area contributed by atoms with Crippen molar-refractivity contribution in [3.8, 4) is 17.0 Å². The molecule has 6 aromatic rings. The maximum Gasteiger partial charge on any atom is 0.239 e.